The minimum atomic E-state index is -3.44. The lowest BCUT2D eigenvalue weighted by Gasteiger charge is -2.62. The Morgan fingerprint density at radius 1 is 1.27 bits per heavy atom. The maximum atomic E-state index is 11.9. The highest BCUT2D eigenvalue weighted by molar-refractivity contribution is 14.0. The van der Waals surface area contributed by atoms with Crippen molar-refractivity contribution >= 4 is 40.0 Å². The van der Waals surface area contributed by atoms with Crippen molar-refractivity contribution in [3.8, 4) is 0 Å². The smallest absolute Gasteiger partial charge is 0.240 e. The van der Waals surface area contributed by atoms with Crippen molar-refractivity contribution in [3.63, 3.8) is 0 Å². The summed E-state index contributed by atoms with van der Waals surface area (Å²) in [6, 6.07) is 6.90. The van der Waals surface area contributed by atoms with Crippen LogP contribution >= 0.6 is 24.0 Å². The van der Waals surface area contributed by atoms with E-state index in [2.05, 4.69) is 42.6 Å². The van der Waals surface area contributed by atoms with Crippen LogP contribution in [0.5, 0.6) is 0 Å². The van der Waals surface area contributed by atoms with E-state index in [9.17, 15) is 8.42 Å². The topological polar surface area (TPSA) is 73.8 Å². The van der Waals surface area contributed by atoms with Crippen LogP contribution in [0.2, 0.25) is 0 Å². The predicted octanol–water partition coefficient (Wildman–Crippen LogP) is 2.80. The largest absolute Gasteiger partial charge is 0.356 e. The van der Waals surface area contributed by atoms with Crippen molar-refractivity contribution in [2.24, 2.45) is 10.4 Å². The number of likely N-dealkylation sites (tertiary alicyclic amines) is 1. The summed E-state index contributed by atoms with van der Waals surface area (Å²) in [6.45, 7) is 13.2. The van der Waals surface area contributed by atoms with Crippen LogP contribution in [-0.4, -0.2) is 45.0 Å². The Labute approximate surface area is 174 Å². The second kappa shape index (κ2) is 8.43. The Kier molecular flexibility index (Phi) is 7.51. The minimum Gasteiger partial charge on any atom is -0.356 e. The standard InChI is InChI=1S/C18H30N4O2S.HI/c1-7-20-16(22-13-17(2,3)18(22,4)5)21-12-14-9-8-10-15(11-14)25(23,24)19-6;/h8-11,19H,7,12-13H2,1-6H3,(H,20,21);1H. The fourth-order valence-corrected chi connectivity index (χ4v) is 3.69. The zero-order chi connectivity index (χ0) is 18.9. The summed E-state index contributed by atoms with van der Waals surface area (Å²) in [7, 11) is -2.02. The fraction of sp³-hybridized carbons (Fsp3) is 0.611. The van der Waals surface area contributed by atoms with Gasteiger partial charge in [-0.1, -0.05) is 26.0 Å². The molecule has 1 aromatic carbocycles. The normalized spacial score (nSPS) is 18.7. The van der Waals surface area contributed by atoms with E-state index < -0.39 is 10.0 Å². The lowest BCUT2D eigenvalue weighted by atomic mass is 9.65. The van der Waals surface area contributed by atoms with Crippen molar-refractivity contribution in [2.75, 3.05) is 20.1 Å². The van der Waals surface area contributed by atoms with Gasteiger partial charge in [0.2, 0.25) is 10.0 Å². The molecule has 1 aliphatic rings. The third kappa shape index (κ3) is 4.51. The van der Waals surface area contributed by atoms with Crippen molar-refractivity contribution in [1.82, 2.24) is 14.9 Å². The van der Waals surface area contributed by atoms with E-state index in [1.54, 1.807) is 18.2 Å². The molecule has 1 aliphatic heterocycles. The van der Waals surface area contributed by atoms with Gasteiger partial charge in [0.15, 0.2) is 5.96 Å². The van der Waals surface area contributed by atoms with Gasteiger partial charge in [-0.15, -0.1) is 24.0 Å². The molecule has 0 saturated carbocycles. The molecule has 8 heteroatoms. The van der Waals surface area contributed by atoms with Gasteiger partial charge in [0.05, 0.1) is 11.4 Å². The Morgan fingerprint density at radius 3 is 2.42 bits per heavy atom. The number of hydrogen-bond acceptors (Lipinski definition) is 3. The molecule has 26 heavy (non-hydrogen) atoms. The van der Waals surface area contributed by atoms with E-state index in [1.807, 2.05) is 13.0 Å². The summed E-state index contributed by atoms with van der Waals surface area (Å²) in [5.74, 6) is 0.869. The summed E-state index contributed by atoms with van der Waals surface area (Å²) in [5, 5.41) is 3.35. The molecule has 1 aromatic rings. The molecule has 0 spiro atoms. The maximum Gasteiger partial charge on any atom is 0.240 e. The van der Waals surface area contributed by atoms with Crippen LogP contribution < -0.4 is 10.0 Å². The van der Waals surface area contributed by atoms with E-state index in [1.165, 1.54) is 7.05 Å². The van der Waals surface area contributed by atoms with Crippen LogP contribution in [-0.2, 0) is 16.6 Å². The summed E-state index contributed by atoms with van der Waals surface area (Å²) >= 11 is 0. The first-order valence-corrected chi connectivity index (χ1v) is 10.1. The van der Waals surface area contributed by atoms with Crippen molar-refractivity contribution in [2.45, 2.75) is 51.6 Å². The minimum absolute atomic E-state index is 0. The van der Waals surface area contributed by atoms with Crippen molar-refractivity contribution in [3.05, 3.63) is 29.8 Å². The van der Waals surface area contributed by atoms with E-state index in [0.29, 0.717) is 6.54 Å². The molecule has 2 rings (SSSR count). The van der Waals surface area contributed by atoms with E-state index >= 15 is 0 Å². The number of sulfonamides is 1. The molecular formula is C18H31IN4O2S. The van der Waals surface area contributed by atoms with Crippen LogP contribution in [0.15, 0.2) is 34.2 Å². The highest BCUT2D eigenvalue weighted by Gasteiger charge is 2.53. The number of halogens is 1. The third-order valence-corrected chi connectivity index (χ3v) is 6.78. The Morgan fingerprint density at radius 2 is 1.92 bits per heavy atom. The first-order chi connectivity index (χ1) is 11.5. The molecule has 0 aromatic heterocycles. The first-order valence-electron chi connectivity index (χ1n) is 8.63. The van der Waals surface area contributed by atoms with Crippen LogP contribution in [0.1, 0.15) is 40.2 Å². The van der Waals surface area contributed by atoms with Crippen LogP contribution in [0.3, 0.4) is 0 Å². The van der Waals surface area contributed by atoms with Gasteiger partial charge >= 0.3 is 0 Å². The average Bonchev–Trinajstić information content (AvgIpc) is 2.57. The lowest BCUT2D eigenvalue weighted by molar-refractivity contribution is -0.0667. The van der Waals surface area contributed by atoms with Gasteiger partial charge in [0, 0.05) is 24.0 Å². The zero-order valence-corrected chi connectivity index (χ0v) is 19.6. The van der Waals surface area contributed by atoms with Gasteiger partial charge in [-0.2, -0.15) is 0 Å². The molecule has 0 bridgehead atoms. The molecular weight excluding hydrogens is 463 g/mol. The Balaban J connectivity index is 0.00000338. The summed E-state index contributed by atoms with van der Waals surface area (Å²) < 4.78 is 26.2. The van der Waals surface area contributed by atoms with Gasteiger partial charge < -0.3 is 10.2 Å². The van der Waals surface area contributed by atoms with Crippen molar-refractivity contribution < 1.29 is 8.42 Å². The number of hydrogen-bond donors (Lipinski definition) is 2. The SMILES string of the molecule is CCNC(=NCc1cccc(S(=O)(=O)NC)c1)N1CC(C)(C)C1(C)C.I. The number of guanidine groups is 1. The lowest BCUT2D eigenvalue weighted by Crippen LogP contribution is -2.72. The van der Waals surface area contributed by atoms with Gasteiger partial charge in [-0.3, -0.25) is 0 Å². The van der Waals surface area contributed by atoms with Gasteiger partial charge in [-0.25, -0.2) is 18.1 Å². The first kappa shape index (κ1) is 23.2. The number of rotatable bonds is 5. The highest BCUT2D eigenvalue weighted by Crippen LogP contribution is 2.46. The summed E-state index contributed by atoms with van der Waals surface area (Å²) in [4.78, 5) is 7.28. The molecule has 0 aliphatic carbocycles. The predicted molar refractivity (Wildman–Crippen MR) is 117 cm³/mol. The van der Waals surface area contributed by atoms with Crippen molar-refractivity contribution in [1.29, 1.82) is 0 Å². The third-order valence-electron chi connectivity index (χ3n) is 5.36. The molecule has 0 atom stereocenters. The summed E-state index contributed by atoms with van der Waals surface area (Å²) in [6.07, 6.45) is 0. The molecule has 1 fully saturated rings. The number of nitrogens with zero attached hydrogens (tertiary/aromatic N) is 2. The fourth-order valence-electron chi connectivity index (χ4n) is 2.89. The molecule has 1 heterocycles. The highest BCUT2D eigenvalue weighted by atomic mass is 127. The van der Waals surface area contributed by atoms with E-state index in [4.69, 9.17) is 4.99 Å². The molecule has 6 nitrogen and oxygen atoms in total. The molecule has 2 N–H and O–H groups in total. The van der Waals surface area contributed by atoms with Gasteiger partial charge in [0.25, 0.3) is 0 Å². The van der Waals surface area contributed by atoms with E-state index in [-0.39, 0.29) is 39.8 Å². The monoisotopic (exact) mass is 494 g/mol. The van der Waals surface area contributed by atoms with Crippen LogP contribution in [0.4, 0.5) is 0 Å². The summed E-state index contributed by atoms with van der Waals surface area (Å²) in [5.41, 5.74) is 1.11. The molecule has 0 amide bonds. The number of benzene rings is 1. The van der Waals surface area contributed by atoms with E-state index in [0.717, 1.165) is 24.6 Å². The Bertz CT molecular complexity index is 760. The number of nitrogens with one attached hydrogen (secondary N) is 2. The molecule has 148 valence electrons. The zero-order valence-electron chi connectivity index (χ0n) is 16.5. The van der Waals surface area contributed by atoms with Gasteiger partial charge in [-0.05, 0) is 45.5 Å². The average molecular weight is 494 g/mol. The maximum absolute atomic E-state index is 11.9. The number of aliphatic imine (C=N–C) groups is 1. The second-order valence-corrected chi connectivity index (χ2v) is 9.44. The molecule has 0 unspecified atom stereocenters. The molecule has 0 radical (unpaired) electrons. The quantitative estimate of drug-likeness (QED) is 0.375. The van der Waals surface area contributed by atoms with Gasteiger partial charge in [0.1, 0.15) is 0 Å². The van der Waals surface area contributed by atoms with Crippen LogP contribution in [0.25, 0.3) is 0 Å². The van der Waals surface area contributed by atoms with Crippen LogP contribution in [0, 0.1) is 5.41 Å². The Hall–Kier alpha value is -0.870. The second-order valence-electron chi connectivity index (χ2n) is 7.55. The molecule has 1 saturated heterocycles.